The van der Waals surface area contributed by atoms with E-state index in [0.717, 1.165) is 16.9 Å². The van der Waals surface area contributed by atoms with Gasteiger partial charge in [-0.3, -0.25) is 9.59 Å². The molecule has 0 fully saturated rings. The van der Waals surface area contributed by atoms with E-state index in [1.165, 1.54) is 0 Å². The maximum absolute atomic E-state index is 12.2. The standard InChI is InChI=1S/C20H22ClNO4/c1-13-17(21)5-4-6-18(13)22-20(24)14(2)26-19(23)12-9-15-7-10-16(25-3)11-8-15/h4-8,10-11,14H,9,12H2,1-3H3,(H,22,24)/t14-/m0/s1. The molecule has 0 radical (unpaired) electrons. The highest BCUT2D eigenvalue weighted by Crippen LogP contribution is 2.23. The van der Waals surface area contributed by atoms with E-state index in [1.807, 2.05) is 31.2 Å². The first-order chi connectivity index (χ1) is 12.4. The smallest absolute Gasteiger partial charge is 0.306 e. The summed E-state index contributed by atoms with van der Waals surface area (Å²) >= 11 is 6.04. The number of rotatable bonds is 7. The predicted octanol–water partition coefficient (Wildman–Crippen LogP) is 4.16. The van der Waals surface area contributed by atoms with Crippen molar-refractivity contribution < 1.29 is 19.1 Å². The number of hydrogen-bond acceptors (Lipinski definition) is 4. The molecule has 2 aromatic carbocycles. The minimum atomic E-state index is -0.892. The number of amides is 1. The highest BCUT2D eigenvalue weighted by molar-refractivity contribution is 6.31. The number of nitrogens with one attached hydrogen (secondary N) is 1. The summed E-state index contributed by atoms with van der Waals surface area (Å²) in [5, 5.41) is 3.29. The third-order valence-corrected chi connectivity index (χ3v) is 4.39. The first-order valence-corrected chi connectivity index (χ1v) is 8.67. The number of ether oxygens (including phenoxy) is 2. The van der Waals surface area contributed by atoms with Crippen molar-refractivity contribution in [3.05, 3.63) is 58.6 Å². The van der Waals surface area contributed by atoms with Gasteiger partial charge in [0.15, 0.2) is 6.10 Å². The van der Waals surface area contributed by atoms with Crippen LogP contribution >= 0.6 is 11.6 Å². The van der Waals surface area contributed by atoms with Crippen LogP contribution in [-0.4, -0.2) is 25.1 Å². The normalized spacial score (nSPS) is 11.5. The lowest BCUT2D eigenvalue weighted by molar-refractivity contribution is -0.153. The number of hydrogen-bond donors (Lipinski definition) is 1. The van der Waals surface area contributed by atoms with E-state index < -0.39 is 18.0 Å². The fourth-order valence-corrected chi connectivity index (χ4v) is 2.50. The maximum atomic E-state index is 12.2. The lowest BCUT2D eigenvalue weighted by atomic mass is 10.1. The van der Waals surface area contributed by atoms with Gasteiger partial charge in [0.2, 0.25) is 0 Å². The number of halogens is 1. The van der Waals surface area contributed by atoms with E-state index in [0.29, 0.717) is 17.1 Å². The van der Waals surface area contributed by atoms with Gasteiger partial charge in [0, 0.05) is 17.1 Å². The van der Waals surface area contributed by atoms with Crippen LogP contribution in [0.1, 0.15) is 24.5 Å². The maximum Gasteiger partial charge on any atom is 0.306 e. The molecule has 2 aromatic rings. The van der Waals surface area contributed by atoms with Crippen molar-refractivity contribution >= 4 is 29.2 Å². The minimum absolute atomic E-state index is 0.195. The number of anilines is 1. The topological polar surface area (TPSA) is 64.6 Å². The van der Waals surface area contributed by atoms with Gasteiger partial charge in [-0.15, -0.1) is 0 Å². The highest BCUT2D eigenvalue weighted by Gasteiger charge is 2.18. The molecule has 26 heavy (non-hydrogen) atoms. The Kier molecular flexibility index (Phi) is 7.04. The van der Waals surface area contributed by atoms with Crippen LogP contribution in [0.3, 0.4) is 0 Å². The summed E-state index contributed by atoms with van der Waals surface area (Å²) < 4.78 is 10.3. The molecule has 2 rings (SSSR count). The van der Waals surface area contributed by atoms with Crippen LogP contribution in [0.5, 0.6) is 5.75 Å². The van der Waals surface area contributed by atoms with Gasteiger partial charge in [0.05, 0.1) is 7.11 Å². The van der Waals surface area contributed by atoms with Crippen LogP contribution in [-0.2, 0) is 20.7 Å². The summed E-state index contributed by atoms with van der Waals surface area (Å²) in [6.45, 7) is 3.35. The molecule has 1 amide bonds. The fourth-order valence-electron chi connectivity index (χ4n) is 2.33. The van der Waals surface area contributed by atoms with Crippen LogP contribution in [0.15, 0.2) is 42.5 Å². The Morgan fingerprint density at radius 2 is 1.85 bits per heavy atom. The zero-order valence-corrected chi connectivity index (χ0v) is 15.8. The SMILES string of the molecule is COc1ccc(CCC(=O)O[C@@H](C)C(=O)Nc2cccc(Cl)c2C)cc1. The number of aryl methyl sites for hydroxylation is 1. The number of benzene rings is 2. The van der Waals surface area contributed by atoms with Crippen LogP contribution in [0.25, 0.3) is 0 Å². The summed E-state index contributed by atoms with van der Waals surface area (Å²) in [6, 6.07) is 12.7. The molecular weight excluding hydrogens is 354 g/mol. The summed E-state index contributed by atoms with van der Waals surface area (Å²) in [6.07, 6.45) is -0.165. The highest BCUT2D eigenvalue weighted by atomic mass is 35.5. The van der Waals surface area contributed by atoms with E-state index in [-0.39, 0.29) is 6.42 Å². The molecule has 1 N–H and O–H groups in total. The van der Waals surface area contributed by atoms with Crippen molar-refractivity contribution in [1.82, 2.24) is 0 Å². The van der Waals surface area contributed by atoms with Crippen LogP contribution in [0, 0.1) is 6.92 Å². The molecule has 0 saturated carbocycles. The molecular formula is C20H22ClNO4. The second-order valence-electron chi connectivity index (χ2n) is 5.88. The summed E-state index contributed by atoms with van der Waals surface area (Å²) in [4.78, 5) is 24.2. The predicted molar refractivity (Wildman–Crippen MR) is 102 cm³/mol. The van der Waals surface area contributed by atoms with Crippen LogP contribution in [0.4, 0.5) is 5.69 Å². The van der Waals surface area contributed by atoms with Gasteiger partial charge < -0.3 is 14.8 Å². The molecule has 0 aliphatic rings. The first kappa shape index (κ1) is 19.8. The monoisotopic (exact) mass is 375 g/mol. The molecule has 138 valence electrons. The van der Waals surface area contributed by atoms with Gasteiger partial charge in [0.25, 0.3) is 5.91 Å². The molecule has 0 aliphatic heterocycles. The second kappa shape index (κ2) is 9.25. The van der Waals surface area contributed by atoms with Gasteiger partial charge in [-0.25, -0.2) is 0 Å². The van der Waals surface area contributed by atoms with Crippen molar-refractivity contribution in [1.29, 1.82) is 0 Å². The molecule has 0 aliphatic carbocycles. The van der Waals surface area contributed by atoms with Crippen molar-refractivity contribution in [2.75, 3.05) is 12.4 Å². The van der Waals surface area contributed by atoms with Gasteiger partial charge in [0.1, 0.15) is 5.75 Å². The van der Waals surface area contributed by atoms with E-state index in [1.54, 1.807) is 32.2 Å². The van der Waals surface area contributed by atoms with Gasteiger partial charge >= 0.3 is 5.97 Å². The summed E-state index contributed by atoms with van der Waals surface area (Å²) in [7, 11) is 1.60. The third-order valence-electron chi connectivity index (χ3n) is 3.98. The summed E-state index contributed by atoms with van der Waals surface area (Å²) in [5.74, 6) is -0.0580. The van der Waals surface area contributed by atoms with Crippen molar-refractivity contribution in [2.24, 2.45) is 0 Å². The Hall–Kier alpha value is -2.53. The quantitative estimate of drug-likeness (QED) is 0.738. The first-order valence-electron chi connectivity index (χ1n) is 8.29. The minimum Gasteiger partial charge on any atom is -0.497 e. The van der Waals surface area contributed by atoms with Gasteiger partial charge in [-0.2, -0.15) is 0 Å². The lowest BCUT2D eigenvalue weighted by Crippen LogP contribution is -2.30. The molecule has 0 saturated heterocycles. The Morgan fingerprint density at radius 1 is 1.15 bits per heavy atom. The van der Waals surface area contributed by atoms with Gasteiger partial charge in [-0.1, -0.05) is 29.8 Å². The van der Waals surface area contributed by atoms with Crippen LogP contribution in [0.2, 0.25) is 5.02 Å². The van der Waals surface area contributed by atoms with Crippen LogP contribution < -0.4 is 10.1 Å². The van der Waals surface area contributed by atoms with Crippen molar-refractivity contribution in [2.45, 2.75) is 32.8 Å². The molecule has 6 heteroatoms. The average Bonchev–Trinajstić information content (AvgIpc) is 2.64. The summed E-state index contributed by atoms with van der Waals surface area (Å²) in [5.41, 5.74) is 2.36. The number of methoxy groups -OCH3 is 1. The van der Waals surface area contributed by atoms with E-state index >= 15 is 0 Å². The third kappa shape index (κ3) is 5.49. The Labute approximate surface area is 158 Å². The Morgan fingerprint density at radius 3 is 2.50 bits per heavy atom. The number of carbonyl (C=O) groups excluding carboxylic acids is 2. The molecule has 5 nitrogen and oxygen atoms in total. The zero-order chi connectivity index (χ0) is 19.1. The largest absolute Gasteiger partial charge is 0.497 e. The molecule has 0 aromatic heterocycles. The van der Waals surface area contributed by atoms with E-state index in [9.17, 15) is 9.59 Å². The second-order valence-corrected chi connectivity index (χ2v) is 6.29. The van der Waals surface area contributed by atoms with Gasteiger partial charge in [-0.05, 0) is 55.7 Å². The average molecular weight is 376 g/mol. The number of esters is 1. The Balaban J connectivity index is 1.83. The molecule has 0 unspecified atom stereocenters. The zero-order valence-electron chi connectivity index (χ0n) is 15.0. The molecule has 0 heterocycles. The van der Waals surface area contributed by atoms with E-state index in [2.05, 4.69) is 5.32 Å². The molecule has 0 spiro atoms. The molecule has 0 bridgehead atoms. The fraction of sp³-hybridized carbons (Fsp3) is 0.300. The van der Waals surface area contributed by atoms with Crippen molar-refractivity contribution in [3.8, 4) is 5.75 Å². The Bertz CT molecular complexity index is 774. The van der Waals surface area contributed by atoms with E-state index in [4.69, 9.17) is 21.1 Å². The lowest BCUT2D eigenvalue weighted by Gasteiger charge is -2.15. The number of carbonyl (C=O) groups is 2. The molecule has 1 atom stereocenters. The van der Waals surface area contributed by atoms with Crippen molar-refractivity contribution in [3.63, 3.8) is 0 Å².